The first-order valence-corrected chi connectivity index (χ1v) is 9.43. The molecule has 0 aliphatic carbocycles. The van der Waals surface area contributed by atoms with E-state index >= 15 is 0 Å². The summed E-state index contributed by atoms with van der Waals surface area (Å²) in [5.41, 5.74) is 0. The largest absolute Gasteiger partial charge is 0.382 e. The van der Waals surface area contributed by atoms with Crippen LogP contribution in [0.15, 0.2) is 0 Å². The van der Waals surface area contributed by atoms with E-state index in [2.05, 4.69) is 6.92 Å². The van der Waals surface area contributed by atoms with Gasteiger partial charge in [-0.25, -0.2) is 0 Å². The maximum atomic E-state index is 5.70. The van der Waals surface area contributed by atoms with Crippen molar-refractivity contribution in [2.45, 2.75) is 82.1 Å². The SMILES string of the molecule is [CH2]CC(CC(CC(CC(CC(CC(C)OC)OC)OC)OC)OC)OC. The lowest BCUT2D eigenvalue weighted by molar-refractivity contribution is -0.0474. The van der Waals surface area contributed by atoms with E-state index in [0.29, 0.717) is 0 Å². The summed E-state index contributed by atoms with van der Waals surface area (Å²) < 4.78 is 33.4. The molecule has 0 N–H and O–H groups in total. The van der Waals surface area contributed by atoms with Gasteiger partial charge in [0, 0.05) is 42.7 Å². The van der Waals surface area contributed by atoms with Crippen LogP contribution >= 0.6 is 0 Å². The molecule has 26 heavy (non-hydrogen) atoms. The van der Waals surface area contributed by atoms with Crippen LogP contribution in [0.25, 0.3) is 0 Å². The van der Waals surface area contributed by atoms with E-state index in [0.717, 1.165) is 38.5 Å². The minimum atomic E-state index is 0.0459. The van der Waals surface area contributed by atoms with Crippen molar-refractivity contribution in [2.75, 3.05) is 42.7 Å². The molecule has 0 aromatic carbocycles. The summed E-state index contributed by atoms with van der Waals surface area (Å²) in [5.74, 6) is 0. The van der Waals surface area contributed by atoms with Gasteiger partial charge < -0.3 is 28.4 Å². The highest BCUT2D eigenvalue weighted by Gasteiger charge is 2.25. The van der Waals surface area contributed by atoms with Crippen molar-refractivity contribution in [2.24, 2.45) is 0 Å². The third-order valence-corrected chi connectivity index (χ3v) is 5.09. The van der Waals surface area contributed by atoms with E-state index in [9.17, 15) is 0 Å². The molecule has 6 unspecified atom stereocenters. The van der Waals surface area contributed by atoms with Gasteiger partial charge in [-0.15, -0.1) is 0 Å². The third kappa shape index (κ3) is 10.8. The summed E-state index contributed by atoms with van der Waals surface area (Å²) in [4.78, 5) is 0. The minimum absolute atomic E-state index is 0.0459. The second-order valence-corrected chi connectivity index (χ2v) is 6.80. The molecule has 1 radical (unpaired) electrons. The normalized spacial score (nSPS) is 18.9. The Morgan fingerprint density at radius 1 is 0.500 bits per heavy atom. The molecule has 6 heteroatoms. The number of methoxy groups -OCH3 is 6. The van der Waals surface area contributed by atoms with Crippen LogP contribution in [0.4, 0.5) is 0 Å². The van der Waals surface area contributed by atoms with E-state index in [1.54, 1.807) is 42.7 Å². The molecule has 0 amide bonds. The van der Waals surface area contributed by atoms with Crippen molar-refractivity contribution in [1.82, 2.24) is 0 Å². The molecule has 0 saturated carbocycles. The van der Waals surface area contributed by atoms with Crippen LogP contribution < -0.4 is 0 Å². The van der Waals surface area contributed by atoms with Crippen molar-refractivity contribution in [3.8, 4) is 0 Å². The molecule has 6 atom stereocenters. The molecule has 0 aromatic heterocycles. The van der Waals surface area contributed by atoms with Crippen molar-refractivity contribution in [3.63, 3.8) is 0 Å². The highest BCUT2D eigenvalue weighted by molar-refractivity contribution is 4.77. The van der Waals surface area contributed by atoms with Crippen LogP contribution in [0.2, 0.25) is 0 Å². The Hall–Kier alpha value is -0.240. The topological polar surface area (TPSA) is 55.4 Å². The Labute approximate surface area is 160 Å². The van der Waals surface area contributed by atoms with Gasteiger partial charge in [0.15, 0.2) is 0 Å². The Morgan fingerprint density at radius 2 is 0.808 bits per heavy atom. The Morgan fingerprint density at radius 3 is 1.08 bits per heavy atom. The summed E-state index contributed by atoms with van der Waals surface area (Å²) in [6.07, 6.45) is 5.26. The zero-order chi connectivity index (χ0) is 19.9. The van der Waals surface area contributed by atoms with Gasteiger partial charge in [0.05, 0.1) is 36.6 Å². The van der Waals surface area contributed by atoms with E-state index in [4.69, 9.17) is 28.4 Å². The van der Waals surface area contributed by atoms with Gasteiger partial charge in [0.2, 0.25) is 0 Å². The fourth-order valence-corrected chi connectivity index (χ4v) is 3.13. The first-order valence-electron chi connectivity index (χ1n) is 9.43. The summed E-state index contributed by atoms with van der Waals surface area (Å²) in [6, 6.07) is 0. The lowest BCUT2D eigenvalue weighted by Gasteiger charge is -2.29. The average Bonchev–Trinajstić information content (AvgIpc) is 2.68. The Bertz CT molecular complexity index is 311. The lowest BCUT2D eigenvalue weighted by atomic mass is 9.96. The summed E-state index contributed by atoms with van der Waals surface area (Å²) in [6.45, 7) is 5.97. The molecule has 0 heterocycles. The fraction of sp³-hybridized carbons (Fsp3) is 0.950. The zero-order valence-electron chi connectivity index (χ0n) is 17.9. The van der Waals surface area contributed by atoms with E-state index in [1.807, 2.05) is 6.92 Å². The predicted molar refractivity (Wildman–Crippen MR) is 104 cm³/mol. The van der Waals surface area contributed by atoms with Gasteiger partial charge in [-0.2, -0.15) is 0 Å². The summed E-state index contributed by atoms with van der Waals surface area (Å²) in [7, 11) is 10.4. The monoisotopic (exact) mass is 377 g/mol. The third-order valence-electron chi connectivity index (χ3n) is 5.09. The first-order chi connectivity index (χ1) is 12.5. The van der Waals surface area contributed by atoms with Gasteiger partial charge in [-0.05, 0) is 45.4 Å². The fourth-order valence-electron chi connectivity index (χ4n) is 3.13. The van der Waals surface area contributed by atoms with Gasteiger partial charge >= 0.3 is 0 Å². The highest BCUT2D eigenvalue weighted by atomic mass is 16.5. The maximum Gasteiger partial charge on any atom is 0.0620 e. The summed E-state index contributed by atoms with van der Waals surface area (Å²) in [5, 5.41) is 0. The van der Waals surface area contributed by atoms with Gasteiger partial charge in [0.1, 0.15) is 0 Å². The number of ether oxygens (including phenoxy) is 6. The lowest BCUT2D eigenvalue weighted by Crippen LogP contribution is -2.32. The molecular weight excluding hydrogens is 336 g/mol. The van der Waals surface area contributed by atoms with Gasteiger partial charge in [-0.3, -0.25) is 0 Å². The minimum Gasteiger partial charge on any atom is -0.382 e. The number of hydrogen-bond donors (Lipinski definition) is 0. The van der Waals surface area contributed by atoms with E-state index in [-0.39, 0.29) is 36.6 Å². The van der Waals surface area contributed by atoms with Crippen molar-refractivity contribution >= 4 is 0 Å². The zero-order valence-corrected chi connectivity index (χ0v) is 17.9. The highest BCUT2D eigenvalue weighted by Crippen LogP contribution is 2.21. The smallest absolute Gasteiger partial charge is 0.0620 e. The predicted octanol–water partition coefficient (Wildman–Crippen LogP) is 3.27. The van der Waals surface area contributed by atoms with E-state index in [1.165, 1.54) is 0 Å². The molecule has 0 rings (SSSR count). The molecule has 0 saturated heterocycles. The second-order valence-electron chi connectivity index (χ2n) is 6.80. The molecule has 6 nitrogen and oxygen atoms in total. The van der Waals surface area contributed by atoms with Gasteiger partial charge in [-0.1, -0.05) is 6.92 Å². The molecule has 0 bridgehead atoms. The van der Waals surface area contributed by atoms with Crippen LogP contribution in [0.3, 0.4) is 0 Å². The molecular formula is C20H41O6. The van der Waals surface area contributed by atoms with Crippen molar-refractivity contribution in [1.29, 1.82) is 0 Å². The van der Waals surface area contributed by atoms with Crippen LogP contribution in [0.1, 0.15) is 45.4 Å². The number of rotatable bonds is 17. The average molecular weight is 378 g/mol. The molecule has 0 fully saturated rings. The van der Waals surface area contributed by atoms with Crippen LogP contribution in [-0.2, 0) is 28.4 Å². The van der Waals surface area contributed by atoms with Crippen LogP contribution in [0.5, 0.6) is 0 Å². The van der Waals surface area contributed by atoms with E-state index < -0.39 is 0 Å². The number of hydrogen-bond acceptors (Lipinski definition) is 6. The Kier molecular flexibility index (Phi) is 15.6. The molecule has 0 aliphatic heterocycles. The summed E-state index contributed by atoms with van der Waals surface area (Å²) >= 11 is 0. The van der Waals surface area contributed by atoms with Crippen LogP contribution in [-0.4, -0.2) is 79.3 Å². The second kappa shape index (κ2) is 15.8. The van der Waals surface area contributed by atoms with Gasteiger partial charge in [0.25, 0.3) is 0 Å². The molecule has 0 spiro atoms. The standard InChI is InChI=1S/C20H41O6/c1-9-16(22-4)11-18(24-6)13-20(26-8)14-19(25-7)12-17(23-5)10-15(2)21-3/h15-20H,1,9-14H2,2-8H3. The maximum absolute atomic E-state index is 5.70. The van der Waals surface area contributed by atoms with Crippen molar-refractivity contribution < 1.29 is 28.4 Å². The van der Waals surface area contributed by atoms with Crippen molar-refractivity contribution in [3.05, 3.63) is 6.92 Å². The van der Waals surface area contributed by atoms with Crippen LogP contribution in [0, 0.1) is 6.92 Å². The quantitative estimate of drug-likeness (QED) is 0.388. The first kappa shape index (κ1) is 25.8. The Balaban J connectivity index is 4.66. The molecule has 0 aromatic rings. The molecule has 0 aliphatic rings. The molecule has 157 valence electrons.